The molecule has 138 valence electrons. The topological polar surface area (TPSA) is 75.9 Å². The van der Waals surface area contributed by atoms with Gasteiger partial charge < -0.3 is 20.3 Å². The fraction of sp³-hybridized carbons (Fsp3) is 0.579. The van der Waals surface area contributed by atoms with E-state index in [0.29, 0.717) is 13.1 Å². The number of likely N-dealkylation sites (tertiary alicyclic amines) is 1. The molecule has 2 amide bonds. The summed E-state index contributed by atoms with van der Waals surface area (Å²) >= 11 is 0. The van der Waals surface area contributed by atoms with E-state index in [0.717, 1.165) is 18.4 Å². The Morgan fingerprint density at radius 1 is 1.20 bits per heavy atom. The van der Waals surface area contributed by atoms with Crippen molar-refractivity contribution in [3.63, 3.8) is 0 Å². The number of nitrogens with zero attached hydrogens (tertiary/aromatic N) is 2. The highest BCUT2D eigenvalue weighted by Crippen LogP contribution is 2.21. The number of amides is 2. The third-order valence-electron chi connectivity index (χ3n) is 4.53. The Morgan fingerprint density at radius 3 is 2.32 bits per heavy atom. The van der Waals surface area contributed by atoms with Crippen LogP contribution in [-0.4, -0.2) is 53.0 Å². The van der Waals surface area contributed by atoms with Gasteiger partial charge in [0, 0.05) is 25.2 Å². The molecule has 0 aliphatic carbocycles. The lowest BCUT2D eigenvalue weighted by Crippen LogP contribution is -2.53. The first kappa shape index (κ1) is 19.2. The van der Waals surface area contributed by atoms with Crippen LogP contribution >= 0.6 is 0 Å². The molecule has 6 nitrogen and oxygen atoms in total. The van der Waals surface area contributed by atoms with E-state index in [1.54, 1.807) is 16.7 Å². The van der Waals surface area contributed by atoms with Crippen LogP contribution in [0.4, 0.5) is 4.79 Å². The second kappa shape index (κ2) is 8.85. The molecule has 0 radical (unpaired) electrons. The number of carbonyl (C=O) groups is 2. The van der Waals surface area contributed by atoms with Crippen molar-refractivity contribution >= 4 is 12.0 Å². The number of benzene rings is 1. The first-order valence-corrected chi connectivity index (χ1v) is 8.93. The number of hydrogen-bond acceptors (Lipinski definition) is 4. The summed E-state index contributed by atoms with van der Waals surface area (Å²) in [5.74, 6) is -0.0267. The summed E-state index contributed by atoms with van der Waals surface area (Å²) in [6.07, 6.45) is 1.20. The van der Waals surface area contributed by atoms with Gasteiger partial charge in [0.05, 0.1) is 6.04 Å². The SMILES string of the molecule is CC(C)N(C(=O)OCc1ccccc1)C1CCN(C(=O)[C@H](C)N)CC1. The molecule has 1 aromatic rings. The van der Waals surface area contributed by atoms with Gasteiger partial charge in [0.1, 0.15) is 6.61 Å². The maximum Gasteiger partial charge on any atom is 0.410 e. The minimum Gasteiger partial charge on any atom is -0.445 e. The predicted molar refractivity (Wildman–Crippen MR) is 96.9 cm³/mol. The highest BCUT2D eigenvalue weighted by atomic mass is 16.6. The van der Waals surface area contributed by atoms with Gasteiger partial charge >= 0.3 is 6.09 Å². The van der Waals surface area contributed by atoms with E-state index in [4.69, 9.17) is 10.5 Å². The molecule has 0 bridgehead atoms. The zero-order chi connectivity index (χ0) is 18.4. The number of nitrogens with two attached hydrogens (primary N) is 1. The molecule has 1 fully saturated rings. The number of hydrogen-bond donors (Lipinski definition) is 1. The summed E-state index contributed by atoms with van der Waals surface area (Å²) < 4.78 is 5.50. The van der Waals surface area contributed by atoms with Gasteiger partial charge in [0.2, 0.25) is 5.91 Å². The van der Waals surface area contributed by atoms with Crippen LogP contribution < -0.4 is 5.73 Å². The molecule has 2 rings (SSSR count). The Bertz CT molecular complexity index is 567. The van der Waals surface area contributed by atoms with E-state index in [1.807, 2.05) is 44.2 Å². The standard InChI is InChI=1S/C19H29N3O3/c1-14(2)22(19(24)25-13-16-7-5-4-6-8-16)17-9-11-21(12-10-17)18(23)15(3)20/h4-8,14-15,17H,9-13,20H2,1-3H3/t15-/m0/s1. The van der Waals surface area contributed by atoms with Crippen molar-refractivity contribution in [3.05, 3.63) is 35.9 Å². The van der Waals surface area contributed by atoms with Crippen LogP contribution in [0.3, 0.4) is 0 Å². The highest BCUT2D eigenvalue weighted by Gasteiger charge is 2.32. The molecule has 1 saturated heterocycles. The first-order chi connectivity index (χ1) is 11.9. The summed E-state index contributed by atoms with van der Waals surface area (Å²) in [5, 5.41) is 0. The Morgan fingerprint density at radius 2 is 1.80 bits per heavy atom. The van der Waals surface area contributed by atoms with Crippen molar-refractivity contribution < 1.29 is 14.3 Å². The number of carbonyl (C=O) groups excluding carboxylic acids is 2. The van der Waals surface area contributed by atoms with Gasteiger partial charge in [-0.3, -0.25) is 4.79 Å². The normalized spacial score (nSPS) is 16.6. The molecule has 2 N–H and O–H groups in total. The van der Waals surface area contributed by atoms with Crippen molar-refractivity contribution in [1.29, 1.82) is 0 Å². The molecule has 25 heavy (non-hydrogen) atoms. The summed E-state index contributed by atoms with van der Waals surface area (Å²) in [4.78, 5) is 28.2. The zero-order valence-corrected chi connectivity index (χ0v) is 15.4. The van der Waals surface area contributed by atoms with Crippen LogP contribution in [0.25, 0.3) is 0 Å². The Hall–Kier alpha value is -2.08. The second-order valence-corrected chi connectivity index (χ2v) is 6.89. The molecule has 0 spiro atoms. The first-order valence-electron chi connectivity index (χ1n) is 8.93. The lowest BCUT2D eigenvalue weighted by molar-refractivity contribution is -0.133. The van der Waals surface area contributed by atoms with E-state index in [1.165, 1.54) is 0 Å². The summed E-state index contributed by atoms with van der Waals surface area (Å²) in [6, 6.07) is 9.31. The lowest BCUT2D eigenvalue weighted by Gasteiger charge is -2.40. The molecule has 0 unspecified atom stereocenters. The van der Waals surface area contributed by atoms with Crippen LogP contribution in [0.15, 0.2) is 30.3 Å². The summed E-state index contributed by atoms with van der Waals surface area (Å²) in [6.45, 7) is 7.20. The van der Waals surface area contributed by atoms with Gasteiger partial charge in [0.15, 0.2) is 0 Å². The Labute approximate surface area is 149 Å². The minimum absolute atomic E-state index is 0.0267. The molecule has 1 aliphatic rings. The second-order valence-electron chi connectivity index (χ2n) is 6.89. The smallest absolute Gasteiger partial charge is 0.410 e. The lowest BCUT2D eigenvalue weighted by atomic mass is 10.0. The monoisotopic (exact) mass is 347 g/mol. The third kappa shape index (κ3) is 5.19. The van der Waals surface area contributed by atoms with E-state index in [9.17, 15) is 9.59 Å². The van der Waals surface area contributed by atoms with Gasteiger partial charge in [0.25, 0.3) is 0 Å². The van der Waals surface area contributed by atoms with E-state index in [2.05, 4.69) is 0 Å². The molecular formula is C19H29N3O3. The van der Waals surface area contributed by atoms with E-state index >= 15 is 0 Å². The number of ether oxygens (including phenoxy) is 1. The maximum absolute atomic E-state index is 12.6. The predicted octanol–water partition coefficient (Wildman–Crippen LogP) is 2.37. The van der Waals surface area contributed by atoms with Crippen LogP contribution in [0.2, 0.25) is 0 Å². The third-order valence-corrected chi connectivity index (χ3v) is 4.53. The van der Waals surface area contributed by atoms with Crippen LogP contribution in [0.1, 0.15) is 39.2 Å². The number of piperidine rings is 1. The van der Waals surface area contributed by atoms with Crippen molar-refractivity contribution in [1.82, 2.24) is 9.80 Å². The highest BCUT2D eigenvalue weighted by molar-refractivity contribution is 5.81. The minimum atomic E-state index is -0.478. The van der Waals surface area contributed by atoms with Crippen molar-refractivity contribution in [3.8, 4) is 0 Å². The van der Waals surface area contributed by atoms with Crippen molar-refractivity contribution in [2.45, 2.75) is 58.3 Å². The Kier molecular flexibility index (Phi) is 6.82. The molecule has 1 atom stereocenters. The summed E-state index contributed by atoms with van der Waals surface area (Å²) in [7, 11) is 0. The molecule has 1 aromatic carbocycles. The number of rotatable bonds is 5. The molecular weight excluding hydrogens is 318 g/mol. The Balaban J connectivity index is 1.92. The molecule has 1 heterocycles. The van der Waals surface area contributed by atoms with Crippen molar-refractivity contribution in [2.75, 3.05) is 13.1 Å². The average molecular weight is 347 g/mol. The van der Waals surface area contributed by atoms with E-state index < -0.39 is 6.04 Å². The van der Waals surface area contributed by atoms with Gasteiger partial charge in [-0.15, -0.1) is 0 Å². The molecule has 0 saturated carbocycles. The van der Waals surface area contributed by atoms with Crippen molar-refractivity contribution in [2.24, 2.45) is 5.73 Å². The van der Waals surface area contributed by atoms with Crippen LogP contribution in [0.5, 0.6) is 0 Å². The average Bonchev–Trinajstić information content (AvgIpc) is 2.60. The van der Waals surface area contributed by atoms with Gasteiger partial charge in [-0.25, -0.2) is 4.79 Å². The molecule has 6 heteroatoms. The zero-order valence-electron chi connectivity index (χ0n) is 15.4. The fourth-order valence-corrected chi connectivity index (χ4v) is 3.23. The van der Waals surface area contributed by atoms with E-state index in [-0.39, 0.29) is 30.7 Å². The molecule has 1 aliphatic heterocycles. The van der Waals surface area contributed by atoms with Crippen LogP contribution in [-0.2, 0) is 16.1 Å². The van der Waals surface area contributed by atoms with Gasteiger partial charge in [-0.2, -0.15) is 0 Å². The quantitative estimate of drug-likeness (QED) is 0.887. The maximum atomic E-state index is 12.6. The van der Waals surface area contributed by atoms with Gasteiger partial charge in [-0.1, -0.05) is 30.3 Å². The fourth-order valence-electron chi connectivity index (χ4n) is 3.23. The summed E-state index contributed by atoms with van der Waals surface area (Å²) in [5.41, 5.74) is 6.65. The largest absolute Gasteiger partial charge is 0.445 e. The van der Waals surface area contributed by atoms with Gasteiger partial charge in [-0.05, 0) is 39.2 Å². The van der Waals surface area contributed by atoms with Crippen LogP contribution in [0, 0.1) is 0 Å². The molecule has 0 aromatic heterocycles.